The highest BCUT2D eigenvalue weighted by Crippen LogP contribution is 2.11. The molecule has 1 heterocycles. The number of nitrogens with two attached hydrogens (primary N) is 1. The van der Waals surface area contributed by atoms with Crippen LogP contribution >= 0.6 is 24.8 Å². The number of hydrogen-bond acceptors (Lipinski definition) is 3. The van der Waals surface area contributed by atoms with E-state index in [1.54, 1.807) is 26.2 Å². The van der Waals surface area contributed by atoms with Crippen LogP contribution in [-0.4, -0.2) is 16.4 Å². The van der Waals surface area contributed by atoms with Crippen molar-refractivity contribution in [3.05, 3.63) is 30.1 Å². The van der Waals surface area contributed by atoms with Crippen LogP contribution in [0, 0.1) is 0 Å². The Kier molecular flexibility index (Phi) is 8.15. The standard InChI is InChI=1S/C11H17N3O.2ClH/c1-8(9-5-4-6-13-7-9)14-10(15)11(2,3)12;;/h4-8H,12H2,1-3H3,(H,14,15);2*1H/t8-;;/m0../s1. The fraction of sp³-hybridized carbons (Fsp3) is 0.455. The van der Waals surface area contributed by atoms with E-state index in [0.29, 0.717) is 0 Å². The Balaban J connectivity index is 0. The van der Waals surface area contributed by atoms with Gasteiger partial charge in [-0.2, -0.15) is 0 Å². The summed E-state index contributed by atoms with van der Waals surface area (Å²) in [5.41, 5.74) is 5.79. The first-order valence-corrected chi connectivity index (χ1v) is 4.91. The van der Waals surface area contributed by atoms with Gasteiger partial charge in [-0.05, 0) is 32.4 Å². The van der Waals surface area contributed by atoms with Crippen molar-refractivity contribution in [3.63, 3.8) is 0 Å². The molecule has 4 nitrogen and oxygen atoms in total. The van der Waals surface area contributed by atoms with E-state index in [9.17, 15) is 4.79 Å². The lowest BCUT2D eigenvalue weighted by atomic mass is 10.0. The molecule has 1 aromatic rings. The Morgan fingerprint density at radius 2 is 2.06 bits per heavy atom. The number of nitrogens with one attached hydrogen (secondary N) is 1. The summed E-state index contributed by atoms with van der Waals surface area (Å²) in [6.07, 6.45) is 3.43. The van der Waals surface area contributed by atoms with Gasteiger partial charge in [-0.25, -0.2) is 0 Å². The molecule has 98 valence electrons. The van der Waals surface area contributed by atoms with Crippen molar-refractivity contribution in [2.24, 2.45) is 5.73 Å². The lowest BCUT2D eigenvalue weighted by molar-refractivity contribution is -0.125. The lowest BCUT2D eigenvalue weighted by Crippen LogP contribution is -2.49. The summed E-state index contributed by atoms with van der Waals surface area (Å²) >= 11 is 0. The molecule has 1 amide bonds. The minimum atomic E-state index is -0.851. The molecule has 1 aromatic heterocycles. The number of rotatable bonds is 3. The van der Waals surface area contributed by atoms with E-state index in [4.69, 9.17) is 5.73 Å². The minimum Gasteiger partial charge on any atom is -0.348 e. The van der Waals surface area contributed by atoms with Crippen LogP contribution in [0.3, 0.4) is 0 Å². The molecule has 0 radical (unpaired) electrons. The van der Waals surface area contributed by atoms with E-state index in [1.807, 2.05) is 19.1 Å². The van der Waals surface area contributed by atoms with E-state index >= 15 is 0 Å². The zero-order valence-corrected chi connectivity index (χ0v) is 11.8. The third-order valence-electron chi connectivity index (χ3n) is 2.12. The average molecular weight is 280 g/mol. The van der Waals surface area contributed by atoms with Crippen molar-refractivity contribution in [2.75, 3.05) is 0 Å². The second-order valence-corrected chi connectivity index (χ2v) is 4.20. The van der Waals surface area contributed by atoms with Crippen LogP contribution in [0.2, 0.25) is 0 Å². The maximum Gasteiger partial charge on any atom is 0.239 e. The van der Waals surface area contributed by atoms with Gasteiger partial charge in [0.1, 0.15) is 0 Å². The van der Waals surface area contributed by atoms with Crippen molar-refractivity contribution in [2.45, 2.75) is 32.4 Å². The van der Waals surface area contributed by atoms with Crippen LogP contribution in [0.25, 0.3) is 0 Å². The van der Waals surface area contributed by atoms with Gasteiger partial charge >= 0.3 is 0 Å². The Bertz CT molecular complexity index is 338. The Labute approximate surface area is 114 Å². The molecule has 0 saturated heterocycles. The maximum absolute atomic E-state index is 11.6. The SMILES string of the molecule is C[C@H](NC(=O)C(C)(C)N)c1cccnc1.Cl.Cl. The van der Waals surface area contributed by atoms with Gasteiger partial charge in [0.25, 0.3) is 0 Å². The summed E-state index contributed by atoms with van der Waals surface area (Å²) in [5.74, 6) is -0.168. The Morgan fingerprint density at radius 1 is 1.47 bits per heavy atom. The minimum absolute atomic E-state index is 0. The normalized spacial score (nSPS) is 11.8. The van der Waals surface area contributed by atoms with Gasteiger partial charge in [0.15, 0.2) is 0 Å². The molecule has 1 rings (SSSR count). The number of amides is 1. The van der Waals surface area contributed by atoms with Crippen LogP contribution in [0.4, 0.5) is 0 Å². The molecule has 0 unspecified atom stereocenters. The molecule has 3 N–H and O–H groups in total. The highest BCUT2D eigenvalue weighted by atomic mass is 35.5. The number of pyridine rings is 1. The quantitative estimate of drug-likeness (QED) is 0.887. The van der Waals surface area contributed by atoms with Gasteiger partial charge in [-0.3, -0.25) is 9.78 Å². The monoisotopic (exact) mass is 279 g/mol. The zero-order chi connectivity index (χ0) is 11.5. The molecule has 0 saturated carbocycles. The van der Waals surface area contributed by atoms with E-state index in [1.165, 1.54) is 0 Å². The largest absolute Gasteiger partial charge is 0.348 e. The summed E-state index contributed by atoms with van der Waals surface area (Å²) < 4.78 is 0. The fourth-order valence-electron chi connectivity index (χ4n) is 1.10. The third kappa shape index (κ3) is 5.86. The first kappa shape index (κ1) is 18.5. The first-order valence-electron chi connectivity index (χ1n) is 4.91. The van der Waals surface area contributed by atoms with Crippen molar-refractivity contribution < 1.29 is 4.79 Å². The number of halogens is 2. The van der Waals surface area contributed by atoms with Gasteiger partial charge in [-0.1, -0.05) is 6.07 Å². The number of carbonyl (C=O) groups excluding carboxylic acids is 1. The van der Waals surface area contributed by atoms with E-state index in [2.05, 4.69) is 10.3 Å². The predicted octanol–water partition coefficient (Wildman–Crippen LogP) is 1.84. The molecule has 0 aliphatic carbocycles. The highest BCUT2D eigenvalue weighted by molar-refractivity contribution is 5.86. The summed E-state index contributed by atoms with van der Waals surface area (Å²) in [6, 6.07) is 3.68. The number of carbonyl (C=O) groups is 1. The van der Waals surface area contributed by atoms with Gasteiger partial charge < -0.3 is 11.1 Å². The second-order valence-electron chi connectivity index (χ2n) is 4.20. The lowest BCUT2D eigenvalue weighted by Gasteiger charge is -2.21. The van der Waals surface area contributed by atoms with Crippen molar-refractivity contribution >= 4 is 30.7 Å². The second kappa shape index (κ2) is 7.48. The summed E-state index contributed by atoms with van der Waals surface area (Å²) in [6.45, 7) is 5.26. The van der Waals surface area contributed by atoms with Crippen molar-refractivity contribution in [1.29, 1.82) is 0 Å². The highest BCUT2D eigenvalue weighted by Gasteiger charge is 2.23. The smallest absolute Gasteiger partial charge is 0.239 e. The van der Waals surface area contributed by atoms with Gasteiger partial charge in [0.05, 0.1) is 11.6 Å². The molecule has 0 fully saturated rings. The Hall–Kier alpha value is -0.840. The van der Waals surface area contributed by atoms with Crippen LogP contribution in [0.15, 0.2) is 24.5 Å². The predicted molar refractivity (Wildman–Crippen MR) is 73.6 cm³/mol. The van der Waals surface area contributed by atoms with Gasteiger partial charge in [0, 0.05) is 12.4 Å². The number of aromatic nitrogens is 1. The number of hydrogen-bond donors (Lipinski definition) is 2. The maximum atomic E-state index is 11.6. The summed E-state index contributed by atoms with van der Waals surface area (Å²) in [5, 5.41) is 2.83. The third-order valence-corrected chi connectivity index (χ3v) is 2.12. The molecule has 0 spiro atoms. The molecule has 0 aliphatic rings. The van der Waals surface area contributed by atoms with Crippen LogP contribution < -0.4 is 11.1 Å². The molecule has 0 aromatic carbocycles. The van der Waals surface area contributed by atoms with Crippen LogP contribution in [0.5, 0.6) is 0 Å². The summed E-state index contributed by atoms with van der Waals surface area (Å²) in [7, 11) is 0. The average Bonchev–Trinajstić information content (AvgIpc) is 2.17. The van der Waals surface area contributed by atoms with Gasteiger partial charge in [0.2, 0.25) is 5.91 Å². The molecule has 17 heavy (non-hydrogen) atoms. The number of nitrogens with zero attached hydrogens (tertiary/aromatic N) is 1. The molecular formula is C11H19Cl2N3O. The van der Waals surface area contributed by atoms with Crippen LogP contribution in [-0.2, 0) is 4.79 Å². The topological polar surface area (TPSA) is 68.0 Å². The Morgan fingerprint density at radius 3 is 2.47 bits per heavy atom. The zero-order valence-electron chi connectivity index (χ0n) is 10.1. The van der Waals surface area contributed by atoms with E-state index in [0.717, 1.165) is 5.56 Å². The fourth-order valence-corrected chi connectivity index (χ4v) is 1.10. The first-order chi connectivity index (χ1) is 6.91. The van der Waals surface area contributed by atoms with Gasteiger partial charge in [-0.15, -0.1) is 24.8 Å². The molecule has 0 aliphatic heterocycles. The van der Waals surface area contributed by atoms with Crippen molar-refractivity contribution in [3.8, 4) is 0 Å². The van der Waals surface area contributed by atoms with E-state index in [-0.39, 0.29) is 36.8 Å². The van der Waals surface area contributed by atoms with Crippen LogP contribution in [0.1, 0.15) is 32.4 Å². The van der Waals surface area contributed by atoms with E-state index < -0.39 is 5.54 Å². The molecule has 0 bridgehead atoms. The molecule has 6 heteroatoms. The summed E-state index contributed by atoms with van der Waals surface area (Å²) in [4.78, 5) is 15.6. The molecule has 1 atom stereocenters. The van der Waals surface area contributed by atoms with Crippen molar-refractivity contribution in [1.82, 2.24) is 10.3 Å². The molecular weight excluding hydrogens is 261 g/mol.